The third kappa shape index (κ3) is 1.02. The zero-order chi connectivity index (χ0) is 8.70. The van der Waals surface area contributed by atoms with Crippen LogP contribution in [-0.2, 0) is 4.79 Å². The Morgan fingerprint density at radius 2 is 2.14 bits per heavy atom. The molecule has 0 N–H and O–H groups in total. The lowest BCUT2D eigenvalue weighted by Crippen LogP contribution is -1.91. The SMILES string of the molecule is [2H]C1([2H])CC(C=O)CC1([2H])[2H]. The highest BCUT2D eigenvalue weighted by Crippen LogP contribution is 2.21. The maximum Gasteiger partial charge on any atom is 0.123 e. The van der Waals surface area contributed by atoms with Crippen molar-refractivity contribution in [3.63, 3.8) is 0 Å². The molecule has 1 fully saturated rings. The van der Waals surface area contributed by atoms with Gasteiger partial charge in [0, 0.05) is 11.4 Å². The summed E-state index contributed by atoms with van der Waals surface area (Å²) in [5.41, 5.74) is 0. The van der Waals surface area contributed by atoms with E-state index in [1.165, 1.54) is 0 Å². The van der Waals surface area contributed by atoms with E-state index in [4.69, 9.17) is 5.48 Å². The van der Waals surface area contributed by atoms with E-state index in [2.05, 4.69) is 0 Å². The second-order valence-corrected chi connectivity index (χ2v) is 1.66. The van der Waals surface area contributed by atoms with E-state index in [0.29, 0.717) is 6.29 Å². The van der Waals surface area contributed by atoms with Gasteiger partial charge in [0.05, 0.1) is 0 Å². The monoisotopic (exact) mass is 102 g/mol. The summed E-state index contributed by atoms with van der Waals surface area (Å²) in [6.07, 6.45) is -2.99. The number of hydrogen-bond donors (Lipinski definition) is 0. The van der Waals surface area contributed by atoms with Gasteiger partial charge in [-0.15, -0.1) is 0 Å². The summed E-state index contributed by atoms with van der Waals surface area (Å²) in [7, 11) is 0. The van der Waals surface area contributed by atoms with Crippen molar-refractivity contribution in [3.05, 3.63) is 0 Å². The quantitative estimate of drug-likeness (QED) is 0.457. The number of carbonyl (C=O) groups excluding carboxylic acids is 1. The lowest BCUT2D eigenvalue weighted by atomic mass is 10.1. The highest BCUT2D eigenvalue weighted by atomic mass is 16.1. The summed E-state index contributed by atoms with van der Waals surface area (Å²) in [4.78, 5) is 10.2. The van der Waals surface area contributed by atoms with Gasteiger partial charge in [0.1, 0.15) is 6.29 Å². The molecule has 0 unspecified atom stereocenters. The minimum atomic E-state index is -1.83. The van der Waals surface area contributed by atoms with E-state index in [0.717, 1.165) is 0 Å². The first-order valence-electron chi connectivity index (χ1n) is 4.34. The van der Waals surface area contributed by atoms with Crippen molar-refractivity contribution in [2.75, 3.05) is 0 Å². The van der Waals surface area contributed by atoms with Crippen molar-refractivity contribution >= 4 is 6.29 Å². The van der Waals surface area contributed by atoms with Crippen LogP contribution < -0.4 is 0 Å². The third-order valence-corrected chi connectivity index (χ3v) is 1.05. The number of aldehydes is 1. The summed E-state index contributed by atoms with van der Waals surface area (Å²) in [5.74, 6) is -0.444. The second-order valence-electron chi connectivity index (χ2n) is 1.66. The standard InChI is InChI=1S/C6H10O/c7-5-6-3-1-2-4-6/h5-6H,1-4H2/i1D2,2D2. The van der Waals surface area contributed by atoms with Gasteiger partial charge in [0.2, 0.25) is 0 Å². The summed E-state index contributed by atoms with van der Waals surface area (Å²) >= 11 is 0. The van der Waals surface area contributed by atoms with Gasteiger partial charge in [0.25, 0.3) is 0 Å². The zero-order valence-corrected chi connectivity index (χ0v) is 3.98. The second kappa shape index (κ2) is 2.10. The summed E-state index contributed by atoms with van der Waals surface area (Å²) in [6, 6.07) is 0. The number of hydrogen-bond acceptors (Lipinski definition) is 1. The molecule has 0 aliphatic heterocycles. The summed E-state index contributed by atoms with van der Waals surface area (Å²) in [6.45, 7) is 0. The molecule has 1 saturated carbocycles. The molecule has 1 aliphatic rings. The van der Waals surface area contributed by atoms with E-state index in [9.17, 15) is 4.79 Å². The Kier molecular flexibility index (Phi) is 0.566. The van der Waals surface area contributed by atoms with Gasteiger partial charge in [-0.2, -0.15) is 0 Å². The van der Waals surface area contributed by atoms with Gasteiger partial charge < -0.3 is 4.79 Å². The Labute approximate surface area is 49.3 Å². The first-order chi connectivity index (χ1) is 4.89. The zero-order valence-electron chi connectivity index (χ0n) is 7.98. The minimum Gasteiger partial charge on any atom is -0.303 e. The molecule has 0 amide bonds. The van der Waals surface area contributed by atoms with Gasteiger partial charge in [-0.1, -0.05) is 12.7 Å². The Hall–Kier alpha value is -0.330. The van der Waals surface area contributed by atoms with Crippen LogP contribution in [0, 0.1) is 5.92 Å². The molecular formula is C6H10O. The van der Waals surface area contributed by atoms with Crippen LogP contribution in [0.5, 0.6) is 0 Å². The molecule has 0 spiro atoms. The first kappa shape index (κ1) is 1.88. The van der Waals surface area contributed by atoms with Crippen LogP contribution in [0.2, 0.25) is 0 Å². The van der Waals surface area contributed by atoms with Crippen LogP contribution in [0.15, 0.2) is 0 Å². The van der Waals surface area contributed by atoms with E-state index < -0.39 is 18.7 Å². The molecular weight excluding hydrogens is 88.1 g/mol. The van der Waals surface area contributed by atoms with Crippen LogP contribution in [0.3, 0.4) is 0 Å². The largest absolute Gasteiger partial charge is 0.303 e. The molecule has 0 atom stereocenters. The van der Waals surface area contributed by atoms with Crippen molar-refractivity contribution in [1.82, 2.24) is 0 Å². The van der Waals surface area contributed by atoms with Gasteiger partial charge in [0.15, 0.2) is 0 Å². The molecule has 40 valence electrons. The van der Waals surface area contributed by atoms with Crippen molar-refractivity contribution in [1.29, 1.82) is 0 Å². The van der Waals surface area contributed by atoms with E-state index >= 15 is 0 Å². The summed E-state index contributed by atoms with van der Waals surface area (Å²) < 4.78 is 29.0. The molecule has 0 bridgehead atoms. The van der Waals surface area contributed by atoms with Crippen molar-refractivity contribution < 1.29 is 10.3 Å². The van der Waals surface area contributed by atoms with Crippen molar-refractivity contribution in [2.24, 2.45) is 5.92 Å². The first-order valence-corrected chi connectivity index (χ1v) is 2.34. The van der Waals surface area contributed by atoms with Crippen LogP contribution >= 0.6 is 0 Å². The summed E-state index contributed by atoms with van der Waals surface area (Å²) in [5, 5.41) is 0. The fraction of sp³-hybridized carbons (Fsp3) is 0.833. The molecule has 0 heterocycles. The Balaban J connectivity index is 2.79. The molecule has 0 aromatic rings. The Morgan fingerprint density at radius 3 is 2.43 bits per heavy atom. The van der Waals surface area contributed by atoms with Crippen molar-refractivity contribution in [2.45, 2.75) is 25.6 Å². The third-order valence-electron chi connectivity index (χ3n) is 1.05. The molecule has 0 saturated heterocycles. The van der Waals surface area contributed by atoms with Gasteiger partial charge in [-0.05, 0) is 12.8 Å². The highest BCUT2D eigenvalue weighted by Gasteiger charge is 2.12. The van der Waals surface area contributed by atoms with E-state index in [1.807, 2.05) is 0 Å². The van der Waals surface area contributed by atoms with Crippen LogP contribution in [0.25, 0.3) is 0 Å². The lowest BCUT2D eigenvalue weighted by Gasteiger charge is -1.90. The van der Waals surface area contributed by atoms with Crippen molar-refractivity contribution in [3.8, 4) is 0 Å². The predicted octanol–water partition coefficient (Wildman–Crippen LogP) is 1.38. The average Bonchev–Trinajstić information content (AvgIpc) is 2.03. The highest BCUT2D eigenvalue weighted by molar-refractivity contribution is 5.53. The molecule has 1 aliphatic carbocycles. The molecule has 1 rings (SSSR count). The molecule has 1 nitrogen and oxygen atoms in total. The molecule has 0 radical (unpaired) electrons. The average molecular weight is 102 g/mol. The van der Waals surface area contributed by atoms with E-state index in [1.54, 1.807) is 0 Å². The lowest BCUT2D eigenvalue weighted by molar-refractivity contribution is -0.110. The van der Waals surface area contributed by atoms with Gasteiger partial charge in [-0.3, -0.25) is 0 Å². The maximum absolute atomic E-state index is 10.2. The topological polar surface area (TPSA) is 17.1 Å². The van der Waals surface area contributed by atoms with Gasteiger partial charge in [-0.25, -0.2) is 0 Å². The van der Waals surface area contributed by atoms with E-state index in [-0.39, 0.29) is 12.8 Å². The smallest absolute Gasteiger partial charge is 0.123 e. The predicted molar refractivity (Wildman–Crippen MR) is 28.0 cm³/mol. The number of rotatable bonds is 1. The Bertz CT molecular complexity index is 161. The maximum atomic E-state index is 10.2. The van der Waals surface area contributed by atoms with Crippen LogP contribution in [0.1, 0.15) is 31.1 Å². The van der Waals surface area contributed by atoms with Crippen LogP contribution in [-0.4, -0.2) is 6.29 Å². The minimum absolute atomic E-state index is 0.0174. The van der Waals surface area contributed by atoms with Gasteiger partial charge >= 0.3 is 0 Å². The molecule has 7 heavy (non-hydrogen) atoms. The normalized spacial score (nSPS) is 45.7. The molecule has 0 aromatic heterocycles. The number of carbonyl (C=O) groups is 1. The fourth-order valence-electron chi connectivity index (χ4n) is 0.575. The fourth-order valence-corrected chi connectivity index (χ4v) is 0.575. The molecule has 1 heteroatoms. The Morgan fingerprint density at radius 1 is 1.57 bits per heavy atom. The van der Waals surface area contributed by atoms with Crippen LogP contribution in [0.4, 0.5) is 0 Å². The molecule has 0 aromatic carbocycles.